The van der Waals surface area contributed by atoms with Gasteiger partial charge in [-0.2, -0.15) is 0 Å². The lowest BCUT2D eigenvalue weighted by Crippen LogP contribution is -2.41. The van der Waals surface area contributed by atoms with Crippen molar-refractivity contribution < 1.29 is 9.18 Å². The number of para-hydroxylation sites is 1. The summed E-state index contributed by atoms with van der Waals surface area (Å²) in [6.45, 7) is 2.08. The Morgan fingerprint density at radius 1 is 1.18 bits per heavy atom. The zero-order valence-electron chi connectivity index (χ0n) is 15.3. The third-order valence-electron chi connectivity index (χ3n) is 4.53. The van der Waals surface area contributed by atoms with Crippen LogP contribution in [-0.4, -0.2) is 26.0 Å². The van der Waals surface area contributed by atoms with Gasteiger partial charge >= 0.3 is 0 Å². The van der Waals surface area contributed by atoms with E-state index < -0.39 is 11.1 Å². The highest BCUT2D eigenvalue weighted by atomic mass is 32.2. The Labute approximate surface area is 166 Å². The first-order valence-electron chi connectivity index (χ1n) is 9.15. The van der Waals surface area contributed by atoms with Crippen molar-refractivity contribution in [3.63, 3.8) is 0 Å². The van der Waals surface area contributed by atoms with E-state index >= 15 is 0 Å². The van der Waals surface area contributed by atoms with Crippen molar-refractivity contribution in [2.24, 2.45) is 0 Å². The maximum atomic E-state index is 14.0. The van der Waals surface area contributed by atoms with Crippen molar-refractivity contribution in [2.75, 3.05) is 10.7 Å². The Bertz CT molecular complexity index is 978. The average molecular weight is 397 g/mol. The minimum Gasteiger partial charge on any atom is -0.323 e. The normalized spacial score (nSPS) is 18.2. The van der Waals surface area contributed by atoms with Crippen LogP contribution in [-0.2, 0) is 11.2 Å². The highest BCUT2D eigenvalue weighted by Crippen LogP contribution is 2.37. The monoisotopic (exact) mass is 397 g/mol. The molecule has 0 saturated carbocycles. The van der Waals surface area contributed by atoms with E-state index in [0.717, 1.165) is 24.2 Å². The van der Waals surface area contributed by atoms with Crippen LogP contribution in [0.5, 0.6) is 0 Å². The van der Waals surface area contributed by atoms with E-state index in [1.54, 1.807) is 18.2 Å². The number of carbonyl (C=O) groups is 1. The summed E-state index contributed by atoms with van der Waals surface area (Å²) in [5.41, 5.74) is 4.52. The van der Waals surface area contributed by atoms with Gasteiger partial charge in [0.2, 0.25) is 11.1 Å². The molecule has 28 heavy (non-hydrogen) atoms. The molecule has 3 aromatic rings. The Kier molecular flexibility index (Phi) is 5.29. The molecule has 2 heterocycles. The summed E-state index contributed by atoms with van der Waals surface area (Å²) in [7, 11) is 0. The van der Waals surface area contributed by atoms with Crippen molar-refractivity contribution in [1.82, 2.24) is 14.9 Å². The number of aromatic nitrogens is 3. The molecule has 144 valence electrons. The number of anilines is 1. The van der Waals surface area contributed by atoms with Gasteiger partial charge in [0.25, 0.3) is 0 Å². The molecule has 0 aliphatic carbocycles. The fourth-order valence-electron chi connectivity index (χ4n) is 3.16. The van der Waals surface area contributed by atoms with Crippen LogP contribution in [0.25, 0.3) is 0 Å². The number of carbonyl (C=O) groups excluding carboxylic acids is 1. The Morgan fingerprint density at radius 2 is 1.93 bits per heavy atom. The molecule has 8 heteroatoms. The number of hydrogen-bond donors (Lipinski definition) is 2. The van der Waals surface area contributed by atoms with Gasteiger partial charge in [0.05, 0.1) is 11.7 Å². The van der Waals surface area contributed by atoms with Crippen LogP contribution >= 0.6 is 11.8 Å². The largest absolute Gasteiger partial charge is 0.323 e. The standard InChI is InChI=1S/C20H20FN5OS/c1-2-8-16-23-24-20-26(16)25-17(13-9-4-3-5-10-13)18(28-20)19(27)22-15-12-7-6-11-14(15)21/h3-7,9-12,17-18,25H,2,8H2,1H3,(H,22,27)/t17-,18-/m1/s1. The van der Waals surface area contributed by atoms with Gasteiger partial charge in [0.1, 0.15) is 11.1 Å². The zero-order valence-corrected chi connectivity index (χ0v) is 16.1. The SMILES string of the molecule is CCCc1nnc2n1N[C@H](c1ccccc1)[C@H](C(=O)Nc1ccccc1F)S2. The van der Waals surface area contributed by atoms with Crippen LogP contribution < -0.4 is 10.7 Å². The zero-order chi connectivity index (χ0) is 19.5. The molecule has 1 aromatic heterocycles. The maximum absolute atomic E-state index is 14.0. The third kappa shape index (κ3) is 3.60. The number of rotatable bonds is 5. The molecule has 0 spiro atoms. The molecular weight excluding hydrogens is 377 g/mol. The first-order valence-corrected chi connectivity index (χ1v) is 10.0. The summed E-state index contributed by atoms with van der Waals surface area (Å²) in [4.78, 5) is 13.0. The van der Waals surface area contributed by atoms with Crippen LogP contribution in [0, 0.1) is 5.82 Å². The van der Waals surface area contributed by atoms with E-state index in [1.807, 2.05) is 35.0 Å². The van der Waals surface area contributed by atoms with Gasteiger partial charge < -0.3 is 10.7 Å². The number of nitrogens with one attached hydrogen (secondary N) is 2. The Hall–Kier alpha value is -2.87. The third-order valence-corrected chi connectivity index (χ3v) is 5.74. The second-order valence-electron chi connectivity index (χ2n) is 6.51. The van der Waals surface area contributed by atoms with Crippen molar-refractivity contribution in [3.05, 3.63) is 71.8 Å². The molecule has 0 bridgehead atoms. The number of hydrogen-bond acceptors (Lipinski definition) is 5. The fraction of sp³-hybridized carbons (Fsp3) is 0.250. The predicted molar refractivity (Wildman–Crippen MR) is 107 cm³/mol. The molecule has 2 atom stereocenters. The van der Waals surface area contributed by atoms with Gasteiger partial charge in [-0.05, 0) is 24.1 Å². The molecule has 1 aliphatic heterocycles. The molecule has 4 rings (SSSR count). The van der Waals surface area contributed by atoms with Crippen LogP contribution in [0.4, 0.5) is 10.1 Å². The molecule has 0 fully saturated rings. The number of nitrogens with zero attached hydrogens (tertiary/aromatic N) is 3. The maximum Gasteiger partial charge on any atom is 0.240 e. The lowest BCUT2D eigenvalue weighted by Gasteiger charge is -2.33. The Morgan fingerprint density at radius 3 is 2.68 bits per heavy atom. The first kappa shape index (κ1) is 18.5. The molecule has 1 amide bonds. The van der Waals surface area contributed by atoms with Gasteiger partial charge in [-0.1, -0.05) is 61.2 Å². The summed E-state index contributed by atoms with van der Waals surface area (Å²) < 4.78 is 15.9. The smallest absolute Gasteiger partial charge is 0.240 e. The van der Waals surface area contributed by atoms with Crippen LogP contribution in [0.15, 0.2) is 59.8 Å². The van der Waals surface area contributed by atoms with Gasteiger partial charge in [-0.15, -0.1) is 10.2 Å². The molecule has 0 unspecified atom stereocenters. The molecule has 0 saturated heterocycles. The topological polar surface area (TPSA) is 71.8 Å². The summed E-state index contributed by atoms with van der Waals surface area (Å²) in [6, 6.07) is 15.6. The van der Waals surface area contributed by atoms with Crippen LogP contribution in [0.3, 0.4) is 0 Å². The van der Waals surface area contributed by atoms with Gasteiger partial charge in [-0.25, -0.2) is 9.07 Å². The summed E-state index contributed by atoms with van der Waals surface area (Å²) in [5.74, 6) is 0.0796. The Balaban J connectivity index is 1.67. The minimum absolute atomic E-state index is 0.165. The predicted octanol–water partition coefficient (Wildman–Crippen LogP) is 3.77. The lowest BCUT2D eigenvalue weighted by atomic mass is 10.0. The van der Waals surface area contributed by atoms with Crippen molar-refractivity contribution in [1.29, 1.82) is 0 Å². The second-order valence-corrected chi connectivity index (χ2v) is 7.62. The van der Waals surface area contributed by atoms with E-state index in [0.29, 0.717) is 5.16 Å². The average Bonchev–Trinajstić information content (AvgIpc) is 3.11. The van der Waals surface area contributed by atoms with Gasteiger partial charge in [-0.3, -0.25) is 4.79 Å². The minimum atomic E-state index is -0.534. The molecule has 6 nitrogen and oxygen atoms in total. The highest BCUT2D eigenvalue weighted by Gasteiger charge is 2.37. The van der Waals surface area contributed by atoms with Crippen LogP contribution in [0.1, 0.15) is 30.8 Å². The highest BCUT2D eigenvalue weighted by molar-refractivity contribution is 8.00. The van der Waals surface area contributed by atoms with E-state index in [-0.39, 0.29) is 17.6 Å². The van der Waals surface area contributed by atoms with E-state index in [4.69, 9.17) is 0 Å². The summed E-state index contributed by atoms with van der Waals surface area (Å²) in [5, 5.41) is 11.3. The molecule has 0 radical (unpaired) electrons. The fourth-order valence-corrected chi connectivity index (χ4v) is 4.26. The summed E-state index contributed by atoms with van der Waals surface area (Å²) >= 11 is 1.33. The quantitative estimate of drug-likeness (QED) is 0.686. The second kappa shape index (κ2) is 8.02. The number of amides is 1. The van der Waals surface area contributed by atoms with Gasteiger partial charge in [0, 0.05) is 6.42 Å². The molecule has 1 aliphatic rings. The number of aryl methyl sites for hydroxylation is 1. The van der Waals surface area contributed by atoms with Gasteiger partial charge in [0.15, 0.2) is 5.82 Å². The first-order chi connectivity index (χ1) is 13.7. The van der Waals surface area contributed by atoms with Crippen molar-refractivity contribution >= 4 is 23.4 Å². The molecular formula is C20H20FN5OS. The van der Waals surface area contributed by atoms with Crippen molar-refractivity contribution in [2.45, 2.75) is 36.2 Å². The van der Waals surface area contributed by atoms with E-state index in [2.05, 4.69) is 27.9 Å². The van der Waals surface area contributed by atoms with Crippen LogP contribution in [0.2, 0.25) is 0 Å². The number of thioether (sulfide) groups is 1. The number of benzene rings is 2. The number of halogens is 1. The molecule has 2 aromatic carbocycles. The lowest BCUT2D eigenvalue weighted by molar-refractivity contribution is -0.116. The summed E-state index contributed by atoms with van der Waals surface area (Å²) in [6.07, 6.45) is 1.73. The van der Waals surface area contributed by atoms with E-state index in [9.17, 15) is 9.18 Å². The van der Waals surface area contributed by atoms with E-state index in [1.165, 1.54) is 17.8 Å². The van der Waals surface area contributed by atoms with Crippen molar-refractivity contribution in [3.8, 4) is 0 Å². The molecule has 2 N–H and O–H groups in total. The number of fused-ring (bicyclic) bond motifs is 1.